The molecule has 3 nitrogen and oxygen atoms in total. The van der Waals surface area contributed by atoms with Crippen LogP contribution >= 0.6 is 0 Å². The van der Waals surface area contributed by atoms with Crippen molar-refractivity contribution in [2.75, 3.05) is 0 Å². The molecule has 0 bridgehead atoms. The SMILES string of the molecule is O=C1OC(F)(F)C(F)(CC(F)F)O1. The molecule has 0 amide bonds. The highest BCUT2D eigenvalue weighted by atomic mass is 19.3. The van der Waals surface area contributed by atoms with Crippen LogP contribution in [0.3, 0.4) is 0 Å². The molecule has 1 aliphatic heterocycles. The summed E-state index contributed by atoms with van der Waals surface area (Å²) in [7, 11) is 0. The zero-order valence-corrected chi connectivity index (χ0v) is 5.90. The maximum absolute atomic E-state index is 12.8. The molecule has 0 aromatic heterocycles. The predicted molar refractivity (Wildman–Crippen MR) is 27.0 cm³/mol. The number of halogens is 5. The van der Waals surface area contributed by atoms with Gasteiger partial charge in [0.2, 0.25) is 6.43 Å². The summed E-state index contributed by atoms with van der Waals surface area (Å²) >= 11 is 0. The van der Waals surface area contributed by atoms with E-state index in [2.05, 4.69) is 9.47 Å². The Hall–Kier alpha value is -1.08. The van der Waals surface area contributed by atoms with Crippen molar-refractivity contribution < 1.29 is 36.2 Å². The van der Waals surface area contributed by atoms with Crippen molar-refractivity contribution in [3.05, 3.63) is 0 Å². The molecule has 1 fully saturated rings. The first-order valence-corrected chi connectivity index (χ1v) is 3.04. The van der Waals surface area contributed by atoms with Gasteiger partial charge in [-0.2, -0.15) is 13.2 Å². The average Bonchev–Trinajstić information content (AvgIpc) is 1.97. The Balaban J connectivity index is 2.82. The highest BCUT2D eigenvalue weighted by Crippen LogP contribution is 2.44. The number of carbonyl (C=O) groups is 1. The Bertz CT molecular complexity index is 230. The zero-order chi connectivity index (χ0) is 10.3. The van der Waals surface area contributed by atoms with Crippen LogP contribution in [0.4, 0.5) is 26.7 Å². The number of hydrogen-bond acceptors (Lipinski definition) is 3. The van der Waals surface area contributed by atoms with Gasteiger partial charge in [-0.25, -0.2) is 13.6 Å². The van der Waals surface area contributed by atoms with Gasteiger partial charge >= 0.3 is 18.1 Å². The number of rotatable bonds is 2. The number of ether oxygens (including phenoxy) is 2. The van der Waals surface area contributed by atoms with Crippen molar-refractivity contribution in [3.63, 3.8) is 0 Å². The lowest BCUT2D eigenvalue weighted by atomic mass is 10.2. The minimum Gasteiger partial charge on any atom is -0.386 e. The quantitative estimate of drug-likeness (QED) is 0.512. The molecule has 1 unspecified atom stereocenters. The lowest BCUT2D eigenvalue weighted by Gasteiger charge is -2.19. The number of carbonyl (C=O) groups excluding carboxylic acids is 1. The topological polar surface area (TPSA) is 35.5 Å². The second-order valence-electron chi connectivity index (χ2n) is 2.29. The maximum Gasteiger partial charge on any atom is 0.516 e. The summed E-state index contributed by atoms with van der Waals surface area (Å²) in [5.74, 6) is -4.07. The van der Waals surface area contributed by atoms with Gasteiger partial charge in [0.15, 0.2) is 0 Å². The molecule has 0 aromatic carbocycles. The zero-order valence-electron chi connectivity index (χ0n) is 5.90. The predicted octanol–water partition coefficient (Wildman–Crippen LogP) is 2.07. The molecule has 13 heavy (non-hydrogen) atoms. The summed E-state index contributed by atoms with van der Waals surface area (Å²) < 4.78 is 67.0. The lowest BCUT2D eigenvalue weighted by molar-refractivity contribution is -0.297. The summed E-state index contributed by atoms with van der Waals surface area (Å²) in [6.45, 7) is 0. The first-order chi connectivity index (χ1) is 5.77. The lowest BCUT2D eigenvalue weighted by Crippen LogP contribution is -2.42. The second kappa shape index (κ2) is 2.71. The monoisotopic (exact) mass is 206 g/mol. The Morgan fingerprint density at radius 1 is 1.23 bits per heavy atom. The fourth-order valence-corrected chi connectivity index (χ4v) is 0.752. The van der Waals surface area contributed by atoms with Crippen molar-refractivity contribution in [3.8, 4) is 0 Å². The van der Waals surface area contributed by atoms with Crippen LogP contribution in [0.1, 0.15) is 6.42 Å². The third kappa shape index (κ3) is 1.65. The summed E-state index contributed by atoms with van der Waals surface area (Å²) in [6.07, 6.45) is -12.0. The van der Waals surface area contributed by atoms with Gasteiger partial charge in [0.1, 0.15) is 0 Å². The molecular formula is C5H3F5O3. The van der Waals surface area contributed by atoms with E-state index < -0.39 is 31.0 Å². The minimum absolute atomic E-state index is 1.92. The Morgan fingerprint density at radius 2 is 1.77 bits per heavy atom. The fourth-order valence-electron chi connectivity index (χ4n) is 0.752. The normalized spacial score (nSPS) is 31.7. The average molecular weight is 206 g/mol. The van der Waals surface area contributed by atoms with Crippen LogP contribution in [0.5, 0.6) is 0 Å². The molecule has 0 spiro atoms. The van der Waals surface area contributed by atoms with Crippen molar-refractivity contribution in [1.29, 1.82) is 0 Å². The van der Waals surface area contributed by atoms with E-state index in [0.717, 1.165) is 0 Å². The third-order valence-electron chi connectivity index (χ3n) is 1.31. The Labute approximate surface area is 68.4 Å². The van der Waals surface area contributed by atoms with Crippen LogP contribution in [0.25, 0.3) is 0 Å². The molecule has 1 rings (SSSR count). The molecule has 0 N–H and O–H groups in total. The van der Waals surface area contributed by atoms with Crippen molar-refractivity contribution in [1.82, 2.24) is 0 Å². The molecule has 0 aromatic rings. The highest BCUT2D eigenvalue weighted by molar-refractivity contribution is 5.63. The van der Waals surface area contributed by atoms with Gasteiger partial charge in [0, 0.05) is 0 Å². The van der Waals surface area contributed by atoms with Crippen molar-refractivity contribution in [2.24, 2.45) is 0 Å². The van der Waals surface area contributed by atoms with Gasteiger partial charge in [-0.1, -0.05) is 0 Å². The van der Waals surface area contributed by atoms with E-state index in [4.69, 9.17) is 0 Å². The maximum atomic E-state index is 12.8. The van der Waals surface area contributed by atoms with E-state index in [-0.39, 0.29) is 0 Å². The van der Waals surface area contributed by atoms with Gasteiger partial charge < -0.3 is 9.47 Å². The summed E-state index contributed by atoms with van der Waals surface area (Å²) in [6, 6.07) is 0. The van der Waals surface area contributed by atoms with Gasteiger partial charge in [-0.3, -0.25) is 0 Å². The van der Waals surface area contributed by atoms with Gasteiger partial charge in [0.25, 0.3) is 0 Å². The molecule has 1 atom stereocenters. The van der Waals surface area contributed by atoms with Crippen LogP contribution in [-0.2, 0) is 9.47 Å². The van der Waals surface area contributed by atoms with Gasteiger partial charge in [0.05, 0.1) is 6.42 Å². The van der Waals surface area contributed by atoms with E-state index in [1.807, 2.05) is 0 Å². The van der Waals surface area contributed by atoms with E-state index in [1.165, 1.54) is 0 Å². The van der Waals surface area contributed by atoms with E-state index in [0.29, 0.717) is 0 Å². The van der Waals surface area contributed by atoms with Crippen LogP contribution in [0.2, 0.25) is 0 Å². The molecule has 1 saturated heterocycles. The van der Waals surface area contributed by atoms with Crippen LogP contribution in [0.15, 0.2) is 0 Å². The van der Waals surface area contributed by atoms with Crippen molar-refractivity contribution in [2.45, 2.75) is 24.8 Å². The number of hydrogen-bond donors (Lipinski definition) is 0. The van der Waals surface area contributed by atoms with Crippen LogP contribution in [-0.4, -0.2) is 24.5 Å². The first kappa shape index (κ1) is 10.0. The summed E-state index contributed by atoms with van der Waals surface area (Å²) in [5, 5.41) is 0. The fraction of sp³-hybridized carbons (Fsp3) is 0.800. The van der Waals surface area contributed by atoms with Gasteiger partial charge in [-0.15, -0.1) is 0 Å². The highest BCUT2D eigenvalue weighted by Gasteiger charge is 2.69. The molecule has 0 aliphatic carbocycles. The standard InChI is InChI=1S/C5H3F5O3/c6-2(7)1-4(8)5(9,10)13-3(11)12-4/h2H,1H2. The summed E-state index contributed by atoms with van der Waals surface area (Å²) in [5.41, 5.74) is 0. The number of alkyl halides is 5. The molecule has 0 radical (unpaired) electrons. The molecular weight excluding hydrogens is 203 g/mol. The Morgan fingerprint density at radius 3 is 2.08 bits per heavy atom. The smallest absolute Gasteiger partial charge is 0.386 e. The van der Waals surface area contributed by atoms with Crippen molar-refractivity contribution >= 4 is 6.16 Å². The minimum atomic E-state index is -4.67. The molecule has 1 aliphatic rings. The summed E-state index contributed by atoms with van der Waals surface area (Å²) in [4.78, 5) is 10.0. The third-order valence-corrected chi connectivity index (χ3v) is 1.31. The van der Waals surface area contributed by atoms with E-state index >= 15 is 0 Å². The van der Waals surface area contributed by atoms with Crippen LogP contribution < -0.4 is 0 Å². The van der Waals surface area contributed by atoms with E-state index in [1.54, 1.807) is 0 Å². The number of cyclic esters (lactones) is 2. The molecule has 76 valence electrons. The second-order valence-corrected chi connectivity index (χ2v) is 2.29. The Kier molecular flexibility index (Phi) is 2.08. The molecule has 8 heteroatoms. The first-order valence-electron chi connectivity index (χ1n) is 3.04. The van der Waals surface area contributed by atoms with Crippen LogP contribution in [0, 0.1) is 0 Å². The van der Waals surface area contributed by atoms with Gasteiger partial charge in [-0.05, 0) is 0 Å². The largest absolute Gasteiger partial charge is 0.516 e. The molecule has 0 saturated carbocycles. The van der Waals surface area contributed by atoms with E-state index in [9.17, 15) is 26.7 Å². The molecule has 1 heterocycles.